The highest BCUT2D eigenvalue weighted by molar-refractivity contribution is 5.87. The summed E-state index contributed by atoms with van der Waals surface area (Å²) >= 11 is 0. The van der Waals surface area contributed by atoms with Gasteiger partial charge in [-0.1, -0.05) is 12.1 Å². The van der Waals surface area contributed by atoms with Gasteiger partial charge in [0.1, 0.15) is 0 Å². The van der Waals surface area contributed by atoms with E-state index in [4.69, 9.17) is 10.2 Å². The van der Waals surface area contributed by atoms with Crippen LogP contribution < -0.4 is 0 Å². The lowest BCUT2D eigenvalue weighted by Crippen LogP contribution is -2.13. The minimum absolute atomic E-state index is 0.190. The summed E-state index contributed by atoms with van der Waals surface area (Å²) in [5.74, 6) is -2.05. The summed E-state index contributed by atoms with van der Waals surface area (Å²) < 4.78 is 0. The Kier molecular flexibility index (Phi) is 4.66. The van der Waals surface area contributed by atoms with Gasteiger partial charge in [0.05, 0.1) is 18.1 Å². The molecule has 5 heteroatoms. The molecule has 0 saturated heterocycles. The lowest BCUT2D eigenvalue weighted by Gasteiger charge is -2.07. The second-order valence-corrected chi connectivity index (χ2v) is 3.80. The third-order valence-corrected chi connectivity index (χ3v) is 2.35. The van der Waals surface area contributed by atoms with Gasteiger partial charge in [-0.2, -0.15) is 0 Å². The van der Waals surface area contributed by atoms with E-state index >= 15 is 0 Å². The number of benzene rings is 1. The number of aliphatic hydroxyl groups is 1. The van der Waals surface area contributed by atoms with Crippen molar-refractivity contribution in [3.63, 3.8) is 0 Å². The monoisotopic (exact) mass is 238 g/mol. The third-order valence-electron chi connectivity index (χ3n) is 2.35. The number of rotatable bonds is 6. The molecule has 0 bridgehead atoms. The van der Waals surface area contributed by atoms with Crippen molar-refractivity contribution in [3.8, 4) is 0 Å². The van der Waals surface area contributed by atoms with E-state index in [9.17, 15) is 14.7 Å². The smallest absolute Gasteiger partial charge is 0.335 e. The molecule has 0 aromatic heterocycles. The van der Waals surface area contributed by atoms with Crippen LogP contribution in [0.3, 0.4) is 0 Å². The highest BCUT2D eigenvalue weighted by atomic mass is 16.4. The van der Waals surface area contributed by atoms with Crippen molar-refractivity contribution in [3.05, 3.63) is 35.4 Å². The Bertz CT molecular complexity index is 413. The Hall–Kier alpha value is -1.88. The van der Waals surface area contributed by atoms with E-state index in [0.717, 1.165) is 5.56 Å². The van der Waals surface area contributed by atoms with Gasteiger partial charge in [0, 0.05) is 0 Å². The molecule has 5 nitrogen and oxygen atoms in total. The first-order valence-electron chi connectivity index (χ1n) is 5.21. The first-order chi connectivity index (χ1) is 7.99. The van der Waals surface area contributed by atoms with Crippen molar-refractivity contribution in [1.29, 1.82) is 0 Å². The largest absolute Gasteiger partial charge is 0.481 e. The van der Waals surface area contributed by atoms with Crippen LogP contribution in [-0.4, -0.2) is 33.4 Å². The molecule has 1 aromatic carbocycles. The minimum Gasteiger partial charge on any atom is -0.481 e. The van der Waals surface area contributed by atoms with Gasteiger partial charge in [-0.25, -0.2) is 4.79 Å². The van der Waals surface area contributed by atoms with Gasteiger partial charge in [-0.05, 0) is 30.5 Å². The Balaban J connectivity index is 2.54. The van der Waals surface area contributed by atoms with Crippen LogP contribution in [0.15, 0.2) is 24.3 Å². The topological polar surface area (TPSA) is 94.8 Å². The fourth-order valence-corrected chi connectivity index (χ4v) is 1.50. The molecule has 0 saturated carbocycles. The zero-order valence-corrected chi connectivity index (χ0v) is 9.17. The number of carbonyl (C=O) groups is 2. The zero-order chi connectivity index (χ0) is 12.8. The van der Waals surface area contributed by atoms with Crippen LogP contribution in [0.1, 0.15) is 28.8 Å². The molecule has 0 spiro atoms. The molecular weight excluding hydrogens is 224 g/mol. The second-order valence-electron chi connectivity index (χ2n) is 3.80. The lowest BCUT2D eigenvalue weighted by atomic mass is 10.0. The Labute approximate surface area is 98.3 Å². The number of aromatic carboxylic acids is 1. The molecule has 3 N–H and O–H groups in total. The molecule has 0 amide bonds. The molecule has 0 aliphatic heterocycles. The molecule has 1 atom stereocenters. The van der Waals surface area contributed by atoms with Crippen LogP contribution in [0.2, 0.25) is 0 Å². The molecule has 0 fully saturated rings. The van der Waals surface area contributed by atoms with Crippen LogP contribution in [0.5, 0.6) is 0 Å². The molecule has 1 rings (SSSR count). The van der Waals surface area contributed by atoms with Crippen molar-refractivity contribution in [2.24, 2.45) is 0 Å². The number of carboxylic acids is 2. The van der Waals surface area contributed by atoms with Gasteiger partial charge in [-0.3, -0.25) is 4.79 Å². The summed E-state index contributed by atoms with van der Waals surface area (Å²) in [6, 6.07) is 6.39. The van der Waals surface area contributed by atoms with E-state index in [2.05, 4.69) is 0 Å². The average Bonchev–Trinajstić information content (AvgIpc) is 2.26. The number of aliphatic hydroxyl groups excluding tert-OH is 1. The Morgan fingerprint density at radius 2 is 1.94 bits per heavy atom. The maximum Gasteiger partial charge on any atom is 0.335 e. The van der Waals surface area contributed by atoms with Gasteiger partial charge < -0.3 is 15.3 Å². The van der Waals surface area contributed by atoms with E-state index in [1.165, 1.54) is 12.1 Å². The predicted octanol–water partition coefficient (Wildman–Crippen LogP) is 1.15. The van der Waals surface area contributed by atoms with Crippen molar-refractivity contribution in [2.75, 3.05) is 0 Å². The third kappa shape index (κ3) is 4.65. The molecule has 17 heavy (non-hydrogen) atoms. The predicted molar refractivity (Wildman–Crippen MR) is 60.0 cm³/mol. The number of aryl methyl sites for hydroxylation is 1. The lowest BCUT2D eigenvalue weighted by molar-refractivity contribution is -0.139. The van der Waals surface area contributed by atoms with Crippen molar-refractivity contribution >= 4 is 11.9 Å². The summed E-state index contributed by atoms with van der Waals surface area (Å²) in [5, 5.41) is 26.6. The number of hydrogen-bond donors (Lipinski definition) is 3. The average molecular weight is 238 g/mol. The number of hydrogen-bond acceptors (Lipinski definition) is 3. The highest BCUT2D eigenvalue weighted by Gasteiger charge is 2.10. The van der Waals surface area contributed by atoms with Crippen molar-refractivity contribution in [1.82, 2.24) is 0 Å². The van der Waals surface area contributed by atoms with E-state index < -0.39 is 18.0 Å². The van der Waals surface area contributed by atoms with Crippen LogP contribution >= 0.6 is 0 Å². The van der Waals surface area contributed by atoms with Gasteiger partial charge in [0.2, 0.25) is 0 Å². The number of carboxylic acid groups (broad SMARTS) is 2. The fraction of sp³-hybridized carbons (Fsp3) is 0.333. The first-order valence-corrected chi connectivity index (χ1v) is 5.21. The number of aliphatic carboxylic acids is 1. The Morgan fingerprint density at radius 1 is 1.24 bits per heavy atom. The zero-order valence-electron chi connectivity index (χ0n) is 9.17. The van der Waals surface area contributed by atoms with Crippen LogP contribution in [0.25, 0.3) is 0 Å². The Morgan fingerprint density at radius 3 is 2.53 bits per heavy atom. The maximum absolute atomic E-state index is 10.7. The summed E-state index contributed by atoms with van der Waals surface area (Å²) in [5.41, 5.74) is 0.963. The van der Waals surface area contributed by atoms with Gasteiger partial charge in [0.25, 0.3) is 0 Å². The molecule has 0 aliphatic carbocycles. The van der Waals surface area contributed by atoms with E-state index in [-0.39, 0.29) is 12.0 Å². The second kappa shape index (κ2) is 6.00. The molecule has 0 radical (unpaired) electrons. The SMILES string of the molecule is O=C(O)CC(O)CCc1cccc(C(=O)O)c1. The van der Waals surface area contributed by atoms with Crippen LogP contribution in [0, 0.1) is 0 Å². The van der Waals surface area contributed by atoms with Gasteiger partial charge in [0.15, 0.2) is 0 Å². The molecule has 1 unspecified atom stereocenters. The van der Waals surface area contributed by atoms with Crippen LogP contribution in [-0.2, 0) is 11.2 Å². The van der Waals surface area contributed by atoms with Crippen LogP contribution in [0.4, 0.5) is 0 Å². The highest BCUT2D eigenvalue weighted by Crippen LogP contribution is 2.10. The maximum atomic E-state index is 10.7. The van der Waals surface area contributed by atoms with E-state index in [1.54, 1.807) is 12.1 Å². The fourth-order valence-electron chi connectivity index (χ4n) is 1.50. The summed E-state index contributed by atoms with van der Waals surface area (Å²) in [6.45, 7) is 0. The first kappa shape index (κ1) is 13.2. The molecule has 92 valence electrons. The van der Waals surface area contributed by atoms with Crippen molar-refractivity contribution < 1.29 is 24.9 Å². The summed E-state index contributed by atoms with van der Waals surface area (Å²) in [7, 11) is 0. The van der Waals surface area contributed by atoms with E-state index in [1.807, 2.05) is 0 Å². The van der Waals surface area contributed by atoms with Crippen molar-refractivity contribution in [2.45, 2.75) is 25.4 Å². The molecule has 1 aromatic rings. The van der Waals surface area contributed by atoms with E-state index in [0.29, 0.717) is 12.8 Å². The molecular formula is C12H14O5. The van der Waals surface area contributed by atoms with Gasteiger partial charge >= 0.3 is 11.9 Å². The summed E-state index contributed by atoms with van der Waals surface area (Å²) in [6.07, 6.45) is -0.440. The normalized spacial score (nSPS) is 12.1. The minimum atomic E-state index is -1.04. The molecule has 0 heterocycles. The quantitative estimate of drug-likeness (QED) is 0.691. The standard InChI is InChI=1S/C12H14O5/c13-10(7-11(14)15)5-4-8-2-1-3-9(6-8)12(16)17/h1-3,6,10,13H,4-5,7H2,(H,14,15)(H,16,17). The molecule has 0 aliphatic rings. The van der Waals surface area contributed by atoms with Gasteiger partial charge in [-0.15, -0.1) is 0 Å². The summed E-state index contributed by atoms with van der Waals surface area (Å²) in [4.78, 5) is 21.0.